The van der Waals surface area contributed by atoms with E-state index in [0.717, 1.165) is 6.92 Å². The summed E-state index contributed by atoms with van der Waals surface area (Å²) in [5.41, 5.74) is 0. The smallest absolute Gasteiger partial charge is 0.364 e. The topological polar surface area (TPSA) is 532 Å². The first kappa shape index (κ1) is 59.0. The van der Waals surface area contributed by atoms with Crippen molar-refractivity contribution in [3.8, 4) is 0 Å². The molecule has 0 aromatic rings. The fraction of sp³-hybridized carbons (Fsp3) is 0.949. The summed E-state index contributed by atoms with van der Waals surface area (Å²) in [5, 5.41) is 204. The number of carbonyl (C=O) groups excluding carboxylic acids is 1. The van der Waals surface area contributed by atoms with Gasteiger partial charge in [-0.25, -0.2) is 4.79 Å². The fourth-order valence-corrected chi connectivity index (χ4v) is 9.19. The molecule has 29 atom stereocenters. The summed E-state index contributed by atoms with van der Waals surface area (Å²) >= 11 is 0. The zero-order chi connectivity index (χ0) is 53.3. The van der Waals surface area contributed by atoms with Crippen LogP contribution in [-0.4, -0.2) is 326 Å². The van der Waals surface area contributed by atoms with Crippen LogP contribution in [0.1, 0.15) is 13.3 Å². The maximum Gasteiger partial charge on any atom is 0.364 e. The highest BCUT2D eigenvalue weighted by Crippen LogP contribution is 2.42. The largest absolute Gasteiger partial charge is 0.477 e. The van der Waals surface area contributed by atoms with Gasteiger partial charge in [0.1, 0.15) is 128 Å². The van der Waals surface area contributed by atoms with Crippen molar-refractivity contribution in [1.82, 2.24) is 5.32 Å². The Morgan fingerprint density at radius 2 is 0.986 bits per heavy atom. The molecule has 0 bridgehead atoms. The number of hydrogen-bond acceptors (Lipinski definition) is 31. The van der Waals surface area contributed by atoms with Crippen LogP contribution in [0.4, 0.5) is 0 Å². The molecule has 33 heteroatoms. The first-order valence-electron chi connectivity index (χ1n) is 22.6. The van der Waals surface area contributed by atoms with Crippen LogP contribution < -0.4 is 5.32 Å². The summed E-state index contributed by atoms with van der Waals surface area (Å²) in [6.45, 7) is -5.24. The molecule has 0 aromatic carbocycles. The number of amides is 1. The molecule has 6 heterocycles. The number of rotatable bonds is 20. The summed E-state index contributed by atoms with van der Waals surface area (Å²) in [4.78, 5) is 26.4. The van der Waals surface area contributed by atoms with Crippen LogP contribution in [0, 0.1) is 0 Å². The van der Waals surface area contributed by atoms with E-state index in [9.17, 15) is 107 Å². The van der Waals surface area contributed by atoms with Crippen molar-refractivity contribution in [2.45, 2.75) is 191 Å². The van der Waals surface area contributed by atoms with Crippen LogP contribution in [0.15, 0.2) is 0 Å². The maximum absolute atomic E-state index is 13.6. The van der Waals surface area contributed by atoms with Gasteiger partial charge in [0.15, 0.2) is 31.5 Å². The Labute approximate surface area is 406 Å². The minimum Gasteiger partial charge on any atom is -0.477 e. The van der Waals surface area contributed by atoms with Gasteiger partial charge in [0.25, 0.3) is 5.79 Å². The van der Waals surface area contributed by atoms with E-state index in [4.69, 9.17) is 52.1 Å². The van der Waals surface area contributed by atoms with Crippen LogP contribution in [-0.2, 0) is 61.7 Å². The molecule has 33 nitrogen and oxygen atoms in total. The third-order valence-electron chi connectivity index (χ3n) is 13.1. The number of aliphatic carboxylic acids is 1. The molecule has 6 aliphatic heterocycles. The number of ether oxygens (including phenoxy) is 11. The first-order chi connectivity index (χ1) is 34.0. The van der Waals surface area contributed by atoms with Crippen molar-refractivity contribution in [2.75, 3.05) is 39.6 Å². The van der Waals surface area contributed by atoms with Crippen molar-refractivity contribution in [3.63, 3.8) is 0 Å². The molecule has 0 aliphatic carbocycles. The molecule has 6 aliphatic rings. The van der Waals surface area contributed by atoms with Gasteiger partial charge in [0.2, 0.25) is 5.91 Å². The minimum atomic E-state index is -3.40. The highest BCUT2D eigenvalue weighted by molar-refractivity contribution is 5.76. The van der Waals surface area contributed by atoms with Gasteiger partial charge < -0.3 is 154 Å². The van der Waals surface area contributed by atoms with Gasteiger partial charge in [-0.05, 0) is 0 Å². The average molecular weight is 1060 g/mol. The molecule has 0 aromatic heterocycles. The predicted octanol–water partition coefficient (Wildman–Crippen LogP) is -13.5. The highest BCUT2D eigenvalue weighted by Gasteiger charge is 2.62. The number of hydrogen-bond donors (Lipinski definition) is 20. The maximum atomic E-state index is 13.6. The molecule has 6 rings (SSSR count). The predicted molar refractivity (Wildman–Crippen MR) is 216 cm³/mol. The monoisotopic (exact) mass is 1060 g/mol. The fourth-order valence-electron chi connectivity index (χ4n) is 9.19. The molecular weight excluding hydrogens is 994 g/mol. The van der Waals surface area contributed by atoms with Gasteiger partial charge in [-0.3, -0.25) is 4.79 Å². The lowest BCUT2D eigenvalue weighted by Gasteiger charge is -2.52. The number of carboxylic acids is 1. The van der Waals surface area contributed by atoms with Crippen LogP contribution >= 0.6 is 0 Å². The lowest BCUT2D eigenvalue weighted by atomic mass is 9.87. The molecule has 0 saturated carbocycles. The first-order valence-corrected chi connectivity index (χ1v) is 22.6. The Kier molecular flexibility index (Phi) is 20.4. The summed E-state index contributed by atoms with van der Waals surface area (Å²) in [7, 11) is 0. The Morgan fingerprint density at radius 3 is 1.47 bits per heavy atom. The summed E-state index contributed by atoms with van der Waals surface area (Å²) in [5.74, 6) is -6.53. The van der Waals surface area contributed by atoms with Gasteiger partial charge in [-0.15, -0.1) is 0 Å². The zero-order valence-corrected chi connectivity index (χ0v) is 37.9. The van der Waals surface area contributed by atoms with E-state index >= 15 is 0 Å². The number of aliphatic hydroxyl groups is 18. The van der Waals surface area contributed by atoms with E-state index in [2.05, 4.69) is 5.32 Å². The van der Waals surface area contributed by atoms with E-state index in [-0.39, 0.29) is 0 Å². The van der Waals surface area contributed by atoms with Crippen LogP contribution in [0.2, 0.25) is 0 Å². The van der Waals surface area contributed by atoms with E-state index in [0.29, 0.717) is 0 Å². The minimum absolute atomic E-state index is 0.832. The van der Waals surface area contributed by atoms with Crippen LogP contribution in [0.25, 0.3) is 0 Å². The van der Waals surface area contributed by atoms with E-state index in [1.54, 1.807) is 0 Å². The van der Waals surface area contributed by atoms with Gasteiger partial charge >= 0.3 is 5.97 Å². The lowest BCUT2D eigenvalue weighted by Crippen LogP contribution is -2.72. The number of carboxylic acid groups (broad SMARTS) is 1. The van der Waals surface area contributed by atoms with Crippen molar-refractivity contribution >= 4 is 11.9 Å². The van der Waals surface area contributed by atoms with Gasteiger partial charge in [0, 0.05) is 13.3 Å². The van der Waals surface area contributed by atoms with Gasteiger partial charge in [-0.2, -0.15) is 0 Å². The van der Waals surface area contributed by atoms with Crippen molar-refractivity contribution in [2.24, 2.45) is 0 Å². The van der Waals surface area contributed by atoms with Crippen molar-refractivity contribution in [3.05, 3.63) is 0 Å². The molecule has 6 fully saturated rings. The average Bonchev–Trinajstić information content (AvgIpc) is 3.79. The van der Waals surface area contributed by atoms with Crippen molar-refractivity contribution < 1.29 is 159 Å². The van der Waals surface area contributed by atoms with Gasteiger partial charge in [-0.1, -0.05) is 0 Å². The Bertz CT molecular complexity index is 1740. The molecule has 418 valence electrons. The number of carbonyl (C=O) groups is 2. The Morgan fingerprint density at radius 1 is 0.542 bits per heavy atom. The molecule has 0 radical (unpaired) electrons. The molecule has 0 unspecified atom stereocenters. The molecule has 72 heavy (non-hydrogen) atoms. The third kappa shape index (κ3) is 12.0. The number of nitrogens with one attached hydrogen (secondary N) is 1. The zero-order valence-electron chi connectivity index (χ0n) is 37.9. The highest BCUT2D eigenvalue weighted by atomic mass is 16.8. The summed E-state index contributed by atoms with van der Waals surface area (Å²) < 4.78 is 62.4. The molecule has 6 saturated heterocycles. The second-order valence-corrected chi connectivity index (χ2v) is 17.9. The second-order valence-electron chi connectivity index (χ2n) is 17.9. The Hall–Kier alpha value is -2.22. The summed E-state index contributed by atoms with van der Waals surface area (Å²) in [6.07, 6.45) is -55.5. The second kappa shape index (κ2) is 24.8. The van der Waals surface area contributed by atoms with Crippen molar-refractivity contribution in [1.29, 1.82) is 0 Å². The molecule has 20 N–H and O–H groups in total. The quantitative estimate of drug-likeness (QED) is 0.0538. The molecular formula is C39H65NO32. The van der Waals surface area contributed by atoms with E-state index in [1.165, 1.54) is 0 Å². The lowest BCUT2D eigenvalue weighted by molar-refractivity contribution is -0.394. The van der Waals surface area contributed by atoms with Crippen LogP contribution in [0.5, 0.6) is 0 Å². The third-order valence-corrected chi connectivity index (χ3v) is 13.1. The Balaban J connectivity index is 1.38. The SMILES string of the molecule is CC(=O)N[C@H]1[C@H]([C@H](O)[C@H](O)CO)O[C@@](O[C@H]2[C@@H](O)[C@@H](CO)O[C@@H](O[C@H]3[C@H](O)[C@@H](O)[C@H](O)O[C@@H]3CO)[C@@H]2O)(C(=O)O)C[C@@H]1O[C@H]1O[C@H](CO)[C@H](O[C@@H]2O[C@@H](CO)[C@H](O)[C@H]2O)[C@H](O[C@@H]2O[C@@H](CO)[C@H](O)[C@H]2O)[C@H]1O. The molecule has 1 amide bonds. The van der Waals surface area contributed by atoms with Crippen LogP contribution in [0.3, 0.4) is 0 Å². The standard InChI is InChI=1S/C39H65NO32/c1-9(47)40-17-11(63-36-27(58)32(70-35-25(56)20(51)13(5-43)65-35)29(16(8-46)67-36)69-34-24(55)19(50)12(4-42)64-34)2-39(38(60)61,71-30(17)18(49)10(48)3-41)72-31-21(52)14(6-44)66-37(26(31)57)68-28-15(7-45)62-33(59)23(54)22(28)53/h10-37,41-46,48-59H,2-8H2,1H3,(H,40,47)(H,60,61)/t10-,11+,12+,13+,14-,15-,16-,17-,18-,19+,20+,21+,22-,23-,24-,25-,26-,27-,28-,29+,30-,31+,32-,33-,34+,35+,36+,37+,39+/m1/s1. The summed E-state index contributed by atoms with van der Waals surface area (Å²) in [6, 6.07) is -1.90. The van der Waals surface area contributed by atoms with Gasteiger partial charge in [0.05, 0.1) is 51.8 Å². The number of aliphatic hydroxyl groups excluding tert-OH is 18. The normalized spacial score (nSPS) is 48.8. The van der Waals surface area contributed by atoms with E-state index in [1.807, 2.05) is 0 Å². The van der Waals surface area contributed by atoms with E-state index < -0.39 is 236 Å². The molecule has 0 spiro atoms.